The van der Waals surface area contributed by atoms with E-state index in [9.17, 15) is 4.79 Å². The molecule has 0 amide bonds. The lowest BCUT2D eigenvalue weighted by molar-refractivity contribution is 0.0690. The zero-order valence-corrected chi connectivity index (χ0v) is 7.75. The largest absolute Gasteiger partial charge is 0.476 e. The van der Waals surface area contributed by atoms with E-state index in [0.717, 1.165) is 12.0 Å². The Morgan fingerprint density at radius 3 is 3.07 bits per heavy atom. The second-order valence-electron chi connectivity index (χ2n) is 2.48. The zero-order chi connectivity index (χ0) is 9.97. The third-order valence-corrected chi connectivity index (χ3v) is 2.18. The number of aromatic nitrogens is 1. The van der Waals surface area contributed by atoms with Crippen LogP contribution in [0.3, 0.4) is 0 Å². The van der Waals surface area contributed by atoms with Crippen LogP contribution in [-0.2, 0) is 0 Å². The van der Waals surface area contributed by atoms with Crippen LogP contribution in [0, 0.1) is 0 Å². The molecule has 14 heavy (non-hydrogen) atoms. The monoisotopic (exact) mass is 210 g/mol. The van der Waals surface area contributed by atoms with Gasteiger partial charge in [0.05, 0.1) is 5.69 Å². The first-order chi connectivity index (χ1) is 6.75. The first-order valence-electron chi connectivity index (χ1n) is 3.74. The molecule has 2 aromatic heterocycles. The Hall–Kier alpha value is -1.82. The van der Waals surface area contributed by atoms with Crippen LogP contribution in [0.25, 0.3) is 0 Å². The van der Waals surface area contributed by atoms with E-state index in [1.165, 1.54) is 11.3 Å². The molecule has 2 rings (SSSR count). The SMILES string of the molecule is O=C(O)c1coc(Nc2ccsc2)n1. The molecule has 5 nitrogen and oxygen atoms in total. The van der Waals surface area contributed by atoms with E-state index in [4.69, 9.17) is 9.52 Å². The molecule has 0 unspecified atom stereocenters. The smallest absolute Gasteiger partial charge is 0.357 e. The van der Waals surface area contributed by atoms with Gasteiger partial charge in [-0.3, -0.25) is 0 Å². The molecule has 0 fully saturated rings. The lowest BCUT2D eigenvalue weighted by atomic mass is 10.5. The number of oxazole rings is 1. The fraction of sp³-hybridized carbons (Fsp3) is 0. The molecule has 2 heterocycles. The number of nitrogens with zero attached hydrogens (tertiary/aromatic N) is 1. The predicted octanol–water partition coefficient (Wildman–Crippen LogP) is 2.18. The normalized spacial score (nSPS) is 10.0. The van der Waals surface area contributed by atoms with Crippen LogP contribution in [0.2, 0.25) is 0 Å². The fourth-order valence-electron chi connectivity index (χ4n) is 0.888. The second kappa shape index (κ2) is 3.51. The van der Waals surface area contributed by atoms with Gasteiger partial charge in [-0.25, -0.2) is 4.79 Å². The highest BCUT2D eigenvalue weighted by molar-refractivity contribution is 7.08. The average molecular weight is 210 g/mol. The first kappa shape index (κ1) is 8.76. The quantitative estimate of drug-likeness (QED) is 0.812. The fourth-order valence-corrected chi connectivity index (χ4v) is 1.48. The number of thiophene rings is 1. The van der Waals surface area contributed by atoms with Gasteiger partial charge in [-0.1, -0.05) is 0 Å². The Balaban J connectivity index is 2.14. The maximum Gasteiger partial charge on any atom is 0.357 e. The molecule has 0 saturated heterocycles. The van der Waals surface area contributed by atoms with E-state index in [0.29, 0.717) is 0 Å². The summed E-state index contributed by atoms with van der Waals surface area (Å²) in [4.78, 5) is 14.2. The molecule has 72 valence electrons. The molecule has 6 heteroatoms. The summed E-state index contributed by atoms with van der Waals surface area (Å²) < 4.78 is 4.90. The molecule has 0 aliphatic heterocycles. The van der Waals surface area contributed by atoms with E-state index in [-0.39, 0.29) is 11.7 Å². The maximum absolute atomic E-state index is 10.5. The number of hydrogen-bond acceptors (Lipinski definition) is 5. The van der Waals surface area contributed by atoms with Gasteiger partial charge in [0.2, 0.25) is 0 Å². The highest BCUT2D eigenvalue weighted by atomic mass is 32.1. The summed E-state index contributed by atoms with van der Waals surface area (Å²) in [5.74, 6) is -1.10. The third kappa shape index (κ3) is 1.74. The first-order valence-corrected chi connectivity index (χ1v) is 4.68. The van der Waals surface area contributed by atoms with Gasteiger partial charge in [0.1, 0.15) is 6.26 Å². The van der Waals surface area contributed by atoms with Gasteiger partial charge in [-0.15, -0.1) is 0 Å². The van der Waals surface area contributed by atoms with Crippen LogP contribution in [0.15, 0.2) is 27.5 Å². The molecule has 0 saturated carbocycles. The van der Waals surface area contributed by atoms with Gasteiger partial charge in [-0.2, -0.15) is 16.3 Å². The molecule has 2 N–H and O–H groups in total. The van der Waals surface area contributed by atoms with Gasteiger partial charge in [0.25, 0.3) is 6.01 Å². The van der Waals surface area contributed by atoms with Gasteiger partial charge in [0.15, 0.2) is 5.69 Å². The minimum atomic E-state index is -1.10. The molecule has 2 aromatic rings. The van der Waals surface area contributed by atoms with Gasteiger partial charge in [0, 0.05) is 5.38 Å². The second-order valence-corrected chi connectivity index (χ2v) is 3.26. The Labute approximate surface area is 83.0 Å². The van der Waals surface area contributed by atoms with Crippen LogP contribution >= 0.6 is 11.3 Å². The molecule has 0 spiro atoms. The number of aromatic carboxylic acids is 1. The summed E-state index contributed by atoms with van der Waals surface area (Å²) in [5, 5.41) is 15.2. The average Bonchev–Trinajstić information content (AvgIpc) is 2.75. The number of nitrogens with one attached hydrogen (secondary N) is 1. The van der Waals surface area contributed by atoms with Crippen LogP contribution in [0.5, 0.6) is 0 Å². The number of carboxylic acid groups (broad SMARTS) is 1. The van der Waals surface area contributed by atoms with E-state index in [2.05, 4.69) is 10.3 Å². The Bertz CT molecular complexity index is 435. The topological polar surface area (TPSA) is 75.4 Å². The summed E-state index contributed by atoms with van der Waals surface area (Å²) >= 11 is 1.52. The van der Waals surface area contributed by atoms with Crippen LogP contribution in [0.4, 0.5) is 11.7 Å². The lowest BCUT2D eigenvalue weighted by Gasteiger charge is -1.94. The van der Waals surface area contributed by atoms with Crippen LogP contribution < -0.4 is 5.32 Å². The molecular weight excluding hydrogens is 204 g/mol. The van der Waals surface area contributed by atoms with Gasteiger partial charge in [-0.05, 0) is 11.4 Å². The molecule has 0 aliphatic rings. The van der Waals surface area contributed by atoms with E-state index in [1.807, 2.05) is 16.8 Å². The summed E-state index contributed by atoms with van der Waals surface area (Å²) in [6.07, 6.45) is 1.09. The van der Waals surface area contributed by atoms with Crippen molar-refractivity contribution in [1.29, 1.82) is 0 Å². The minimum absolute atomic E-state index is 0.109. The van der Waals surface area contributed by atoms with E-state index < -0.39 is 5.97 Å². The highest BCUT2D eigenvalue weighted by Crippen LogP contribution is 2.18. The van der Waals surface area contributed by atoms with E-state index in [1.54, 1.807) is 0 Å². The Morgan fingerprint density at radius 1 is 1.64 bits per heavy atom. The Kier molecular flexibility index (Phi) is 2.19. The summed E-state index contributed by atoms with van der Waals surface area (Å²) in [5.41, 5.74) is 0.719. The maximum atomic E-state index is 10.5. The standard InChI is InChI=1S/C8H6N2O3S/c11-7(12)6-3-13-8(10-6)9-5-1-2-14-4-5/h1-4H,(H,9,10)(H,11,12). The van der Waals surface area contributed by atoms with Gasteiger partial charge < -0.3 is 14.8 Å². The van der Waals surface area contributed by atoms with Crippen LogP contribution in [-0.4, -0.2) is 16.1 Å². The summed E-state index contributed by atoms with van der Waals surface area (Å²) in [6.45, 7) is 0. The van der Waals surface area contributed by atoms with Crippen molar-refractivity contribution in [2.24, 2.45) is 0 Å². The molecule has 0 radical (unpaired) electrons. The number of rotatable bonds is 3. The van der Waals surface area contributed by atoms with Crippen molar-refractivity contribution in [2.45, 2.75) is 0 Å². The highest BCUT2D eigenvalue weighted by Gasteiger charge is 2.09. The van der Waals surface area contributed by atoms with Crippen molar-refractivity contribution < 1.29 is 14.3 Å². The third-order valence-electron chi connectivity index (χ3n) is 1.50. The van der Waals surface area contributed by atoms with Crippen molar-refractivity contribution >= 4 is 29.0 Å². The van der Waals surface area contributed by atoms with Crippen molar-refractivity contribution in [3.8, 4) is 0 Å². The molecule has 0 aliphatic carbocycles. The van der Waals surface area contributed by atoms with Crippen molar-refractivity contribution in [1.82, 2.24) is 4.98 Å². The molecule has 0 bridgehead atoms. The van der Waals surface area contributed by atoms with Crippen LogP contribution in [0.1, 0.15) is 10.5 Å². The number of hydrogen-bond donors (Lipinski definition) is 2. The van der Waals surface area contributed by atoms with Gasteiger partial charge >= 0.3 is 5.97 Å². The number of carbonyl (C=O) groups is 1. The van der Waals surface area contributed by atoms with Crippen molar-refractivity contribution in [3.63, 3.8) is 0 Å². The predicted molar refractivity (Wildman–Crippen MR) is 51.1 cm³/mol. The van der Waals surface area contributed by atoms with E-state index >= 15 is 0 Å². The number of anilines is 2. The molecule has 0 atom stereocenters. The van der Waals surface area contributed by atoms with Crippen molar-refractivity contribution in [3.05, 3.63) is 28.8 Å². The summed E-state index contributed by atoms with van der Waals surface area (Å²) in [7, 11) is 0. The number of carboxylic acids is 1. The minimum Gasteiger partial charge on any atom is -0.476 e. The summed E-state index contributed by atoms with van der Waals surface area (Å²) in [6, 6.07) is 2.02. The lowest BCUT2D eigenvalue weighted by Crippen LogP contribution is -1.96. The molecule has 0 aromatic carbocycles. The van der Waals surface area contributed by atoms with Crippen molar-refractivity contribution in [2.75, 3.05) is 5.32 Å². The molecular formula is C8H6N2O3S. The Morgan fingerprint density at radius 2 is 2.50 bits per heavy atom. The zero-order valence-electron chi connectivity index (χ0n) is 6.93.